The first-order valence-corrected chi connectivity index (χ1v) is 7.35. The van der Waals surface area contributed by atoms with Crippen molar-refractivity contribution in [3.05, 3.63) is 48.3 Å². The van der Waals surface area contributed by atoms with Gasteiger partial charge in [0, 0.05) is 18.9 Å². The van der Waals surface area contributed by atoms with Crippen molar-refractivity contribution in [3.8, 4) is 5.75 Å². The van der Waals surface area contributed by atoms with E-state index in [1.807, 2.05) is 0 Å². The summed E-state index contributed by atoms with van der Waals surface area (Å²) in [6.45, 7) is 0.252. The number of nitrogens with one attached hydrogen (secondary N) is 1. The van der Waals surface area contributed by atoms with Crippen LogP contribution in [0.5, 0.6) is 5.75 Å². The molecule has 7 heteroatoms. The normalized spacial score (nSPS) is 11.1. The second kappa shape index (κ2) is 5.89. The Hall–Kier alpha value is -2.12. The van der Waals surface area contributed by atoms with Gasteiger partial charge in [0.05, 0.1) is 12.8 Å². The molecular formula is C13H15N3O3S. The smallest absolute Gasteiger partial charge is 0.265 e. The molecule has 2 rings (SSSR count). The zero-order valence-corrected chi connectivity index (χ0v) is 11.7. The fourth-order valence-corrected chi connectivity index (χ4v) is 2.97. The predicted octanol–water partition coefficient (Wildman–Crippen LogP) is 1.35. The average molecular weight is 293 g/mol. The second-order valence-electron chi connectivity index (χ2n) is 4.03. The highest BCUT2D eigenvalue weighted by molar-refractivity contribution is 7.92. The van der Waals surface area contributed by atoms with Gasteiger partial charge in [-0.25, -0.2) is 8.42 Å². The van der Waals surface area contributed by atoms with Crippen molar-refractivity contribution in [2.45, 2.75) is 11.4 Å². The van der Waals surface area contributed by atoms with E-state index in [0.717, 1.165) is 0 Å². The number of rotatable bonds is 5. The fourth-order valence-electron chi connectivity index (χ4n) is 1.69. The average Bonchev–Trinajstić information content (AvgIpc) is 2.47. The van der Waals surface area contributed by atoms with Gasteiger partial charge in [0.25, 0.3) is 10.0 Å². The van der Waals surface area contributed by atoms with Crippen LogP contribution in [0.4, 0.5) is 5.69 Å². The molecule has 0 bridgehead atoms. The third kappa shape index (κ3) is 3.06. The molecule has 1 aromatic heterocycles. The number of aromatic nitrogens is 1. The lowest BCUT2D eigenvalue weighted by Crippen LogP contribution is -2.14. The monoisotopic (exact) mass is 293 g/mol. The molecule has 0 spiro atoms. The van der Waals surface area contributed by atoms with Gasteiger partial charge in [0.15, 0.2) is 0 Å². The SMILES string of the molecule is COc1ccc(CN)cc1S(=O)(=O)Nc1ccncc1. The Labute approximate surface area is 117 Å². The molecule has 3 N–H and O–H groups in total. The van der Waals surface area contributed by atoms with Crippen LogP contribution in [0.1, 0.15) is 5.56 Å². The molecule has 0 radical (unpaired) electrons. The minimum Gasteiger partial charge on any atom is -0.495 e. The fraction of sp³-hybridized carbons (Fsp3) is 0.154. The molecule has 6 nitrogen and oxygen atoms in total. The largest absolute Gasteiger partial charge is 0.495 e. The maximum Gasteiger partial charge on any atom is 0.265 e. The Balaban J connectivity index is 2.43. The number of anilines is 1. The van der Waals surface area contributed by atoms with Gasteiger partial charge in [-0.15, -0.1) is 0 Å². The molecule has 106 valence electrons. The molecule has 0 aliphatic rings. The number of sulfonamides is 1. The first-order valence-electron chi connectivity index (χ1n) is 5.86. The third-order valence-corrected chi connectivity index (χ3v) is 4.09. The van der Waals surface area contributed by atoms with E-state index in [0.29, 0.717) is 11.3 Å². The van der Waals surface area contributed by atoms with E-state index in [9.17, 15) is 8.42 Å². The number of nitrogens with two attached hydrogens (primary N) is 1. The third-order valence-electron chi connectivity index (χ3n) is 2.69. The van der Waals surface area contributed by atoms with Crippen LogP contribution < -0.4 is 15.2 Å². The molecule has 1 heterocycles. The summed E-state index contributed by atoms with van der Waals surface area (Å²) >= 11 is 0. The summed E-state index contributed by atoms with van der Waals surface area (Å²) in [5, 5.41) is 0. The maximum absolute atomic E-state index is 12.4. The van der Waals surface area contributed by atoms with Crippen LogP contribution in [-0.2, 0) is 16.6 Å². The highest BCUT2D eigenvalue weighted by atomic mass is 32.2. The molecule has 0 saturated carbocycles. The van der Waals surface area contributed by atoms with Gasteiger partial charge >= 0.3 is 0 Å². The molecule has 0 amide bonds. The first-order chi connectivity index (χ1) is 9.56. The highest BCUT2D eigenvalue weighted by Crippen LogP contribution is 2.26. The van der Waals surface area contributed by atoms with E-state index in [1.54, 1.807) is 24.3 Å². The minimum atomic E-state index is -3.75. The van der Waals surface area contributed by atoms with Gasteiger partial charge in [-0.1, -0.05) is 6.07 Å². The Bertz CT molecular complexity index is 687. The number of methoxy groups -OCH3 is 1. The zero-order valence-electron chi connectivity index (χ0n) is 10.9. The van der Waals surface area contributed by atoms with Gasteiger partial charge in [0.2, 0.25) is 0 Å². The number of pyridine rings is 1. The highest BCUT2D eigenvalue weighted by Gasteiger charge is 2.20. The summed E-state index contributed by atoms with van der Waals surface area (Å²) in [7, 11) is -2.33. The summed E-state index contributed by atoms with van der Waals surface area (Å²) in [6.07, 6.45) is 3.01. The molecule has 0 unspecified atom stereocenters. The minimum absolute atomic E-state index is 0.0553. The van der Waals surface area contributed by atoms with Crippen LogP contribution in [0.2, 0.25) is 0 Å². The molecular weight excluding hydrogens is 278 g/mol. The van der Waals surface area contributed by atoms with Crippen LogP contribution in [0, 0.1) is 0 Å². The number of hydrogen-bond acceptors (Lipinski definition) is 5. The Morgan fingerprint density at radius 1 is 1.25 bits per heavy atom. The lowest BCUT2D eigenvalue weighted by atomic mass is 10.2. The van der Waals surface area contributed by atoms with Gasteiger partial charge in [-0.3, -0.25) is 9.71 Å². The quantitative estimate of drug-likeness (QED) is 0.867. The van der Waals surface area contributed by atoms with Gasteiger partial charge in [-0.05, 0) is 29.8 Å². The van der Waals surface area contributed by atoms with E-state index in [1.165, 1.54) is 25.6 Å². The van der Waals surface area contributed by atoms with Crippen molar-refractivity contribution in [2.75, 3.05) is 11.8 Å². The maximum atomic E-state index is 12.4. The van der Waals surface area contributed by atoms with E-state index in [2.05, 4.69) is 9.71 Å². The second-order valence-corrected chi connectivity index (χ2v) is 5.68. The summed E-state index contributed by atoms with van der Waals surface area (Å²) in [5.74, 6) is 0.267. The summed E-state index contributed by atoms with van der Waals surface area (Å²) in [4.78, 5) is 3.89. The van der Waals surface area contributed by atoms with Crippen molar-refractivity contribution in [1.82, 2.24) is 4.98 Å². The van der Waals surface area contributed by atoms with Crippen LogP contribution in [0.3, 0.4) is 0 Å². The van der Waals surface area contributed by atoms with E-state index in [-0.39, 0.29) is 17.2 Å². The van der Waals surface area contributed by atoms with Crippen LogP contribution in [0.25, 0.3) is 0 Å². The number of benzene rings is 1. The van der Waals surface area contributed by atoms with Crippen LogP contribution in [0.15, 0.2) is 47.6 Å². The molecule has 0 saturated heterocycles. The Kier molecular flexibility index (Phi) is 4.21. The van der Waals surface area contributed by atoms with Crippen LogP contribution >= 0.6 is 0 Å². The molecule has 0 atom stereocenters. The van der Waals surface area contributed by atoms with Crippen molar-refractivity contribution in [3.63, 3.8) is 0 Å². The van der Waals surface area contributed by atoms with Crippen LogP contribution in [-0.4, -0.2) is 20.5 Å². The molecule has 0 aliphatic heterocycles. The lowest BCUT2D eigenvalue weighted by molar-refractivity contribution is 0.402. The summed E-state index contributed by atoms with van der Waals surface area (Å²) in [5.41, 5.74) is 6.68. The van der Waals surface area contributed by atoms with Crippen molar-refractivity contribution < 1.29 is 13.2 Å². The topological polar surface area (TPSA) is 94.3 Å². The molecule has 0 fully saturated rings. The summed E-state index contributed by atoms with van der Waals surface area (Å²) < 4.78 is 32.4. The van der Waals surface area contributed by atoms with E-state index < -0.39 is 10.0 Å². The van der Waals surface area contributed by atoms with Gasteiger partial charge in [0.1, 0.15) is 10.6 Å². The van der Waals surface area contributed by atoms with E-state index >= 15 is 0 Å². The molecule has 20 heavy (non-hydrogen) atoms. The molecule has 2 aromatic rings. The van der Waals surface area contributed by atoms with Gasteiger partial charge in [-0.2, -0.15) is 0 Å². The van der Waals surface area contributed by atoms with E-state index in [4.69, 9.17) is 10.5 Å². The molecule has 0 aliphatic carbocycles. The Morgan fingerprint density at radius 3 is 2.55 bits per heavy atom. The van der Waals surface area contributed by atoms with Crippen molar-refractivity contribution >= 4 is 15.7 Å². The summed E-state index contributed by atoms with van der Waals surface area (Å²) in [6, 6.07) is 7.95. The van der Waals surface area contributed by atoms with Crippen molar-refractivity contribution in [2.24, 2.45) is 5.73 Å². The number of hydrogen-bond donors (Lipinski definition) is 2. The Morgan fingerprint density at radius 2 is 1.95 bits per heavy atom. The zero-order chi connectivity index (χ0) is 14.6. The van der Waals surface area contributed by atoms with Gasteiger partial charge < -0.3 is 10.5 Å². The number of nitrogens with zero attached hydrogens (tertiary/aromatic N) is 1. The standard InChI is InChI=1S/C13H15N3O3S/c1-19-12-3-2-10(9-14)8-13(12)20(17,18)16-11-4-6-15-7-5-11/h2-8H,9,14H2,1H3,(H,15,16). The predicted molar refractivity (Wildman–Crippen MR) is 75.9 cm³/mol. The lowest BCUT2D eigenvalue weighted by Gasteiger charge is -2.12. The first kappa shape index (κ1) is 14.3. The number of ether oxygens (including phenoxy) is 1. The van der Waals surface area contributed by atoms with Crippen molar-refractivity contribution in [1.29, 1.82) is 0 Å². The molecule has 1 aromatic carbocycles.